The first kappa shape index (κ1) is 13.3. The van der Waals surface area contributed by atoms with Gasteiger partial charge in [-0.05, 0) is 6.42 Å². The van der Waals surface area contributed by atoms with E-state index in [1.54, 1.807) is 4.90 Å². The number of piperazine rings is 1. The molecule has 2 aliphatic heterocycles. The minimum atomic E-state index is -0.745. The van der Waals surface area contributed by atoms with Crippen molar-refractivity contribution in [2.24, 2.45) is 0 Å². The van der Waals surface area contributed by atoms with Crippen LogP contribution in [0.3, 0.4) is 0 Å². The number of rotatable bonds is 4. The number of amides is 1. The molecule has 2 fully saturated rings. The first-order valence-electron chi connectivity index (χ1n) is 6.51. The van der Waals surface area contributed by atoms with Crippen molar-refractivity contribution in [2.45, 2.75) is 18.9 Å². The number of nitrogens with zero attached hydrogens (tertiary/aromatic N) is 3. The quantitative estimate of drug-likeness (QED) is 0.720. The molecule has 0 spiro atoms. The number of hydrogen-bond donors (Lipinski definition) is 1. The third-order valence-electron chi connectivity index (χ3n) is 3.89. The largest absolute Gasteiger partial charge is 0.481 e. The fourth-order valence-corrected chi connectivity index (χ4v) is 2.70. The Labute approximate surface area is 107 Å². The lowest BCUT2D eigenvalue weighted by molar-refractivity contribution is -0.137. The molecular weight excluding hydrogens is 234 g/mol. The van der Waals surface area contributed by atoms with Crippen molar-refractivity contribution in [3.63, 3.8) is 0 Å². The molecule has 2 saturated heterocycles. The van der Waals surface area contributed by atoms with Crippen LogP contribution in [0.15, 0.2) is 0 Å². The molecule has 0 aromatic carbocycles. The molecule has 2 aliphatic rings. The lowest BCUT2D eigenvalue weighted by Gasteiger charge is -2.36. The van der Waals surface area contributed by atoms with Gasteiger partial charge in [-0.15, -0.1) is 0 Å². The zero-order valence-electron chi connectivity index (χ0n) is 10.8. The Bertz CT molecular complexity index is 327. The number of carbonyl (C=O) groups excluding carboxylic acids is 1. The molecule has 102 valence electrons. The summed E-state index contributed by atoms with van der Waals surface area (Å²) in [4.78, 5) is 28.6. The Morgan fingerprint density at radius 2 is 1.94 bits per heavy atom. The van der Waals surface area contributed by atoms with E-state index in [1.165, 1.54) is 0 Å². The molecular formula is C12H21N3O3. The molecule has 18 heavy (non-hydrogen) atoms. The summed E-state index contributed by atoms with van der Waals surface area (Å²) >= 11 is 0. The van der Waals surface area contributed by atoms with Gasteiger partial charge in [-0.2, -0.15) is 0 Å². The predicted molar refractivity (Wildman–Crippen MR) is 66.3 cm³/mol. The molecule has 0 saturated carbocycles. The van der Waals surface area contributed by atoms with Crippen molar-refractivity contribution in [3.05, 3.63) is 0 Å². The highest BCUT2D eigenvalue weighted by molar-refractivity contribution is 5.83. The Morgan fingerprint density at radius 1 is 1.28 bits per heavy atom. The van der Waals surface area contributed by atoms with Crippen molar-refractivity contribution in [1.82, 2.24) is 14.7 Å². The number of aliphatic carboxylic acids is 1. The van der Waals surface area contributed by atoms with Crippen LogP contribution < -0.4 is 0 Å². The van der Waals surface area contributed by atoms with E-state index in [0.717, 1.165) is 39.1 Å². The number of carboxylic acid groups (broad SMARTS) is 1. The maximum absolute atomic E-state index is 11.9. The van der Waals surface area contributed by atoms with E-state index in [0.29, 0.717) is 6.54 Å². The normalized spacial score (nSPS) is 26.8. The van der Waals surface area contributed by atoms with Gasteiger partial charge in [0.05, 0.1) is 12.5 Å². The van der Waals surface area contributed by atoms with Gasteiger partial charge in [0, 0.05) is 46.3 Å². The molecule has 0 aromatic heterocycles. The summed E-state index contributed by atoms with van der Waals surface area (Å²) in [7, 11) is 1.85. The van der Waals surface area contributed by atoms with Gasteiger partial charge in [-0.1, -0.05) is 0 Å². The van der Waals surface area contributed by atoms with Crippen molar-refractivity contribution in [3.8, 4) is 0 Å². The first-order chi connectivity index (χ1) is 8.58. The summed E-state index contributed by atoms with van der Waals surface area (Å²) in [6.45, 7) is 4.92. The fraction of sp³-hybridized carbons (Fsp3) is 0.833. The van der Waals surface area contributed by atoms with Gasteiger partial charge >= 0.3 is 5.97 Å². The molecule has 1 amide bonds. The Hall–Kier alpha value is -1.14. The monoisotopic (exact) mass is 255 g/mol. The maximum Gasteiger partial charge on any atom is 0.304 e. The smallest absolute Gasteiger partial charge is 0.304 e. The molecule has 6 heteroatoms. The van der Waals surface area contributed by atoms with Crippen LogP contribution in [0.25, 0.3) is 0 Å². The number of carboxylic acids is 1. The Kier molecular flexibility index (Phi) is 4.19. The van der Waals surface area contributed by atoms with Crippen molar-refractivity contribution in [1.29, 1.82) is 0 Å². The molecule has 1 unspecified atom stereocenters. The van der Waals surface area contributed by atoms with Crippen LogP contribution in [0, 0.1) is 0 Å². The third-order valence-corrected chi connectivity index (χ3v) is 3.89. The number of carbonyl (C=O) groups is 2. The van der Waals surface area contributed by atoms with E-state index in [4.69, 9.17) is 5.11 Å². The fourth-order valence-electron chi connectivity index (χ4n) is 2.70. The van der Waals surface area contributed by atoms with Gasteiger partial charge in [-0.25, -0.2) is 0 Å². The highest BCUT2D eigenvalue weighted by Gasteiger charge is 2.35. The minimum Gasteiger partial charge on any atom is -0.481 e. The second-order valence-electron chi connectivity index (χ2n) is 5.09. The van der Waals surface area contributed by atoms with Crippen LogP contribution >= 0.6 is 0 Å². The van der Waals surface area contributed by atoms with Crippen LogP contribution in [0.4, 0.5) is 0 Å². The average Bonchev–Trinajstić information content (AvgIpc) is 2.68. The lowest BCUT2D eigenvalue weighted by Crippen LogP contribution is -2.52. The van der Waals surface area contributed by atoms with Crippen LogP contribution in [-0.4, -0.2) is 84.0 Å². The van der Waals surface area contributed by atoms with Gasteiger partial charge in [0.1, 0.15) is 0 Å². The van der Waals surface area contributed by atoms with E-state index in [1.807, 2.05) is 7.05 Å². The molecule has 0 aliphatic carbocycles. The number of hydrogen-bond acceptors (Lipinski definition) is 4. The van der Waals surface area contributed by atoms with Crippen LogP contribution in [0.2, 0.25) is 0 Å². The second-order valence-corrected chi connectivity index (χ2v) is 5.09. The Balaban J connectivity index is 1.76. The van der Waals surface area contributed by atoms with Crippen LogP contribution in [0.1, 0.15) is 12.8 Å². The van der Waals surface area contributed by atoms with Crippen molar-refractivity contribution in [2.75, 3.05) is 46.3 Å². The van der Waals surface area contributed by atoms with E-state index >= 15 is 0 Å². The van der Waals surface area contributed by atoms with Crippen LogP contribution in [-0.2, 0) is 9.59 Å². The van der Waals surface area contributed by atoms with Crippen LogP contribution in [0.5, 0.6) is 0 Å². The number of likely N-dealkylation sites (N-methyl/N-ethyl adjacent to an activating group) is 1. The van der Waals surface area contributed by atoms with Gasteiger partial charge in [0.2, 0.25) is 5.91 Å². The molecule has 2 rings (SSSR count). The second kappa shape index (κ2) is 5.67. The summed E-state index contributed by atoms with van der Waals surface area (Å²) in [6.07, 6.45) is 1.12. The van der Waals surface area contributed by atoms with Gasteiger partial charge < -0.3 is 14.9 Å². The standard InChI is InChI=1S/C12H21N3O3/c1-13-4-2-10(12(13)18)15-8-6-14(7-9-15)5-3-11(16)17/h10H,2-9H2,1H3,(H,16,17). The summed E-state index contributed by atoms with van der Waals surface area (Å²) in [6, 6.07) is 0.0524. The van der Waals surface area contributed by atoms with Gasteiger partial charge in [0.25, 0.3) is 0 Å². The molecule has 0 radical (unpaired) electrons. The SMILES string of the molecule is CN1CCC(N2CCN(CCC(=O)O)CC2)C1=O. The topological polar surface area (TPSA) is 64.1 Å². The van der Waals surface area contributed by atoms with E-state index in [2.05, 4.69) is 9.80 Å². The van der Waals surface area contributed by atoms with Crippen molar-refractivity contribution >= 4 is 11.9 Å². The van der Waals surface area contributed by atoms with Gasteiger partial charge in [0.15, 0.2) is 0 Å². The highest BCUT2D eigenvalue weighted by atomic mass is 16.4. The molecule has 6 nitrogen and oxygen atoms in total. The molecule has 0 bridgehead atoms. The summed E-state index contributed by atoms with van der Waals surface area (Å²) in [5.41, 5.74) is 0. The van der Waals surface area contributed by atoms with Gasteiger partial charge in [-0.3, -0.25) is 14.5 Å². The summed E-state index contributed by atoms with van der Waals surface area (Å²) in [5.74, 6) is -0.515. The Morgan fingerprint density at radius 3 is 2.44 bits per heavy atom. The first-order valence-corrected chi connectivity index (χ1v) is 6.51. The van der Waals surface area contributed by atoms with E-state index in [-0.39, 0.29) is 18.4 Å². The van der Waals surface area contributed by atoms with Crippen molar-refractivity contribution < 1.29 is 14.7 Å². The molecule has 0 aromatic rings. The predicted octanol–water partition coefficient (Wildman–Crippen LogP) is -0.691. The molecule has 2 heterocycles. The third kappa shape index (κ3) is 3.00. The average molecular weight is 255 g/mol. The van der Waals surface area contributed by atoms with E-state index in [9.17, 15) is 9.59 Å². The molecule has 1 N–H and O–H groups in total. The maximum atomic E-state index is 11.9. The minimum absolute atomic E-state index is 0.0524. The summed E-state index contributed by atoms with van der Waals surface area (Å²) < 4.78 is 0. The van der Waals surface area contributed by atoms with E-state index < -0.39 is 5.97 Å². The summed E-state index contributed by atoms with van der Waals surface area (Å²) in [5, 5.41) is 8.65. The zero-order chi connectivity index (χ0) is 13.1. The highest BCUT2D eigenvalue weighted by Crippen LogP contribution is 2.17. The lowest BCUT2D eigenvalue weighted by atomic mass is 10.2. The zero-order valence-corrected chi connectivity index (χ0v) is 10.8. The molecule has 1 atom stereocenters. The number of likely N-dealkylation sites (tertiary alicyclic amines) is 1.